The van der Waals surface area contributed by atoms with Crippen molar-refractivity contribution in [3.05, 3.63) is 75.3 Å². The molecule has 0 aromatic heterocycles. The summed E-state index contributed by atoms with van der Waals surface area (Å²) in [6, 6.07) is 14.3. The van der Waals surface area contributed by atoms with Crippen molar-refractivity contribution in [1.82, 2.24) is 10.7 Å². The molecule has 1 aliphatic heterocycles. The molecule has 7 heteroatoms. The fraction of sp³-hybridized carbons (Fsp3) is 0.417. The molecule has 2 N–H and O–H groups in total. The van der Waals surface area contributed by atoms with E-state index < -0.39 is 10.5 Å². The van der Waals surface area contributed by atoms with E-state index in [4.69, 9.17) is 0 Å². The number of nitro groups is 1. The van der Waals surface area contributed by atoms with Gasteiger partial charge in [-0.05, 0) is 61.9 Å². The van der Waals surface area contributed by atoms with E-state index in [1.165, 1.54) is 37.0 Å². The zero-order valence-electron chi connectivity index (χ0n) is 18.0. The summed E-state index contributed by atoms with van der Waals surface area (Å²) in [7, 11) is 0. The largest absolute Gasteiger partial charge is 0.294 e. The Balaban J connectivity index is 1.58. The Morgan fingerprint density at radius 1 is 1.10 bits per heavy atom. The van der Waals surface area contributed by atoms with E-state index in [-0.39, 0.29) is 17.1 Å². The second-order valence-corrected chi connectivity index (χ2v) is 8.87. The summed E-state index contributed by atoms with van der Waals surface area (Å²) in [5.74, 6) is -0.203. The van der Waals surface area contributed by atoms with Crippen LogP contribution < -0.4 is 10.7 Å². The topological polar surface area (TPSA) is 96.6 Å². The van der Waals surface area contributed by atoms with E-state index in [0.717, 1.165) is 30.4 Å². The van der Waals surface area contributed by atoms with E-state index in [1.807, 2.05) is 25.1 Å². The van der Waals surface area contributed by atoms with Gasteiger partial charge in [0.2, 0.25) is 0 Å². The van der Waals surface area contributed by atoms with Crippen molar-refractivity contribution >= 4 is 17.3 Å². The van der Waals surface area contributed by atoms with Gasteiger partial charge in [-0.1, -0.05) is 43.5 Å². The van der Waals surface area contributed by atoms with Crippen molar-refractivity contribution in [1.29, 1.82) is 0 Å². The molecule has 0 radical (unpaired) electrons. The number of hydrogen-bond acceptors (Lipinski definition) is 5. The van der Waals surface area contributed by atoms with Crippen molar-refractivity contribution in [3.63, 3.8) is 0 Å². The number of nitro benzene ring substituents is 1. The molecule has 2 aromatic carbocycles. The van der Waals surface area contributed by atoms with Gasteiger partial charge >= 0.3 is 0 Å². The molecule has 7 nitrogen and oxygen atoms in total. The van der Waals surface area contributed by atoms with Gasteiger partial charge in [0.25, 0.3) is 11.6 Å². The first kappa shape index (κ1) is 21.2. The Morgan fingerprint density at radius 2 is 1.77 bits per heavy atom. The number of nitrogens with one attached hydrogen (secondary N) is 2. The Kier molecular flexibility index (Phi) is 5.62. The number of hydrazone groups is 1. The van der Waals surface area contributed by atoms with E-state index in [2.05, 4.69) is 21.9 Å². The lowest BCUT2D eigenvalue weighted by Gasteiger charge is -2.49. The number of non-ortho nitro benzene ring substituents is 1. The van der Waals surface area contributed by atoms with Crippen LogP contribution >= 0.6 is 0 Å². The van der Waals surface area contributed by atoms with Crippen LogP contribution in [-0.2, 0) is 16.8 Å². The van der Waals surface area contributed by atoms with Gasteiger partial charge in [-0.15, -0.1) is 0 Å². The van der Waals surface area contributed by atoms with Crippen LogP contribution in [0.5, 0.6) is 0 Å². The molecule has 1 fully saturated rings. The van der Waals surface area contributed by atoms with Crippen molar-refractivity contribution in [3.8, 4) is 0 Å². The van der Waals surface area contributed by atoms with Crippen LogP contribution in [0.2, 0.25) is 0 Å². The summed E-state index contributed by atoms with van der Waals surface area (Å²) in [4.78, 5) is 23.8. The van der Waals surface area contributed by atoms with Gasteiger partial charge in [0.05, 0.1) is 10.6 Å². The van der Waals surface area contributed by atoms with Crippen LogP contribution in [0.1, 0.15) is 62.6 Å². The van der Waals surface area contributed by atoms with Crippen LogP contribution in [0.3, 0.4) is 0 Å². The molecule has 0 saturated heterocycles. The molecule has 1 saturated carbocycles. The Morgan fingerprint density at radius 3 is 2.45 bits per heavy atom. The highest BCUT2D eigenvalue weighted by Gasteiger charge is 2.48. The molecule has 4 rings (SSSR count). The molecule has 2 aromatic rings. The minimum absolute atomic E-state index is 0.0221. The number of amides is 1. The Labute approximate surface area is 182 Å². The van der Waals surface area contributed by atoms with Gasteiger partial charge in [0, 0.05) is 17.7 Å². The molecule has 0 unspecified atom stereocenters. The third kappa shape index (κ3) is 4.10. The van der Waals surface area contributed by atoms with Gasteiger partial charge in [0.1, 0.15) is 5.54 Å². The maximum atomic E-state index is 13.4. The molecule has 31 heavy (non-hydrogen) atoms. The van der Waals surface area contributed by atoms with Gasteiger partial charge in [-0.3, -0.25) is 20.2 Å². The van der Waals surface area contributed by atoms with Gasteiger partial charge < -0.3 is 0 Å². The maximum absolute atomic E-state index is 13.4. The van der Waals surface area contributed by atoms with E-state index in [1.54, 1.807) is 19.1 Å². The maximum Gasteiger partial charge on any atom is 0.269 e. The lowest BCUT2D eigenvalue weighted by atomic mass is 9.69. The Bertz CT molecular complexity index is 1030. The number of carbonyl (C=O) groups excluding carboxylic acids is 1. The molecule has 1 spiro atoms. The predicted molar refractivity (Wildman–Crippen MR) is 120 cm³/mol. The fourth-order valence-corrected chi connectivity index (χ4v) is 5.01. The predicted octanol–water partition coefficient (Wildman–Crippen LogP) is 4.20. The lowest BCUT2D eigenvalue weighted by Crippen LogP contribution is -2.65. The molecule has 1 heterocycles. The molecular weight excluding hydrogens is 392 g/mol. The first-order chi connectivity index (χ1) is 14.8. The summed E-state index contributed by atoms with van der Waals surface area (Å²) in [6.45, 7) is 3.71. The molecule has 1 atom stereocenters. The third-order valence-corrected chi connectivity index (χ3v) is 6.69. The van der Waals surface area contributed by atoms with Crippen molar-refractivity contribution in [2.75, 3.05) is 0 Å². The van der Waals surface area contributed by atoms with Crippen molar-refractivity contribution in [2.24, 2.45) is 5.10 Å². The highest BCUT2D eigenvalue weighted by Crippen LogP contribution is 2.41. The van der Waals surface area contributed by atoms with Crippen LogP contribution in [0.25, 0.3) is 0 Å². The number of hydrogen-bond donors (Lipinski definition) is 2. The molecule has 162 valence electrons. The standard InChI is InChI=1S/C24H28N4O3/c1-17(18-10-12-20(13-11-18)28(30)31)25-26-22(29)23(2)21-9-5-4-8-19(21)16-24(27-23)14-6-3-7-15-24/h4-5,8-13,27H,3,6-7,14-16H2,1-2H3,(H,26,29)/b25-17-/t23-/m1/s1. The minimum Gasteiger partial charge on any atom is -0.294 e. The molecule has 0 bridgehead atoms. The van der Waals surface area contributed by atoms with Crippen LogP contribution in [0.4, 0.5) is 5.69 Å². The highest BCUT2D eigenvalue weighted by molar-refractivity contribution is 6.00. The third-order valence-electron chi connectivity index (χ3n) is 6.69. The zero-order chi connectivity index (χ0) is 22.1. The number of benzene rings is 2. The molecule has 2 aliphatic rings. The van der Waals surface area contributed by atoms with Crippen molar-refractivity contribution in [2.45, 2.75) is 63.5 Å². The summed E-state index contributed by atoms with van der Waals surface area (Å²) in [5, 5.41) is 18.9. The number of nitrogens with zero attached hydrogens (tertiary/aromatic N) is 2. The molecule has 1 aliphatic carbocycles. The summed E-state index contributed by atoms with van der Waals surface area (Å²) >= 11 is 0. The lowest BCUT2D eigenvalue weighted by molar-refractivity contribution is -0.384. The van der Waals surface area contributed by atoms with E-state index >= 15 is 0 Å². The normalized spacial score (nSPS) is 22.6. The fourth-order valence-electron chi connectivity index (χ4n) is 5.01. The minimum atomic E-state index is -0.883. The number of fused-ring (bicyclic) bond motifs is 1. The summed E-state index contributed by atoms with van der Waals surface area (Å²) in [5.41, 5.74) is 5.34. The smallest absolute Gasteiger partial charge is 0.269 e. The first-order valence-corrected chi connectivity index (χ1v) is 10.8. The van der Waals surface area contributed by atoms with Gasteiger partial charge in [-0.25, -0.2) is 5.43 Å². The van der Waals surface area contributed by atoms with Crippen molar-refractivity contribution < 1.29 is 9.72 Å². The summed E-state index contributed by atoms with van der Waals surface area (Å²) < 4.78 is 0. The monoisotopic (exact) mass is 420 g/mol. The highest BCUT2D eigenvalue weighted by atomic mass is 16.6. The number of carbonyl (C=O) groups is 1. The summed E-state index contributed by atoms with van der Waals surface area (Å²) in [6.07, 6.45) is 6.66. The van der Waals surface area contributed by atoms with Gasteiger partial charge in [-0.2, -0.15) is 5.10 Å². The Hall–Kier alpha value is -3.06. The average molecular weight is 421 g/mol. The second kappa shape index (κ2) is 8.23. The number of rotatable bonds is 4. The second-order valence-electron chi connectivity index (χ2n) is 8.87. The van der Waals surface area contributed by atoms with E-state index in [9.17, 15) is 14.9 Å². The molecule has 1 amide bonds. The average Bonchev–Trinajstić information content (AvgIpc) is 2.77. The van der Waals surface area contributed by atoms with Crippen LogP contribution in [0.15, 0.2) is 53.6 Å². The van der Waals surface area contributed by atoms with E-state index in [0.29, 0.717) is 5.71 Å². The van der Waals surface area contributed by atoms with Crippen LogP contribution in [0, 0.1) is 10.1 Å². The van der Waals surface area contributed by atoms with Gasteiger partial charge in [0.15, 0.2) is 0 Å². The SMILES string of the molecule is C/C(=N/NC(=O)[C@]1(C)NC2(CCCCC2)Cc2ccccc21)c1ccc([N+](=O)[O-])cc1. The quantitative estimate of drug-likeness (QED) is 0.440. The first-order valence-electron chi connectivity index (χ1n) is 10.8. The zero-order valence-corrected chi connectivity index (χ0v) is 18.0. The molecular formula is C24H28N4O3. The van der Waals surface area contributed by atoms with Crippen LogP contribution in [-0.4, -0.2) is 22.1 Å².